The fourth-order valence-corrected chi connectivity index (χ4v) is 4.02. The number of carbonyl (C=O) groups excluding carboxylic acids is 4. The molecule has 1 fully saturated rings. The van der Waals surface area contributed by atoms with E-state index in [4.69, 9.17) is 4.74 Å². The largest absolute Gasteiger partial charge is 0.459 e. The van der Waals surface area contributed by atoms with Crippen molar-refractivity contribution in [2.75, 3.05) is 6.54 Å². The molecule has 2 rings (SSSR count). The number of likely N-dealkylation sites (tertiary alicyclic amines) is 1. The minimum atomic E-state index is -0.819. The lowest BCUT2D eigenvalue weighted by Crippen LogP contribution is -2.53. The summed E-state index contributed by atoms with van der Waals surface area (Å²) in [6.45, 7) is 9.97. The van der Waals surface area contributed by atoms with Crippen molar-refractivity contribution in [1.82, 2.24) is 10.2 Å². The van der Waals surface area contributed by atoms with Gasteiger partial charge in [0.1, 0.15) is 24.5 Å². The summed E-state index contributed by atoms with van der Waals surface area (Å²) in [5, 5.41) is 2.79. The Kier molecular flexibility index (Phi) is 10.1. The number of carbonyl (C=O) groups is 4. The highest BCUT2D eigenvalue weighted by molar-refractivity contribution is 6.02. The quantitative estimate of drug-likeness (QED) is 0.405. The smallest absolute Gasteiger partial charge is 0.329 e. The minimum Gasteiger partial charge on any atom is -0.459 e. The lowest BCUT2D eigenvalue weighted by molar-refractivity contribution is -0.155. The fraction of sp³-hybridized carbons (Fsp3) is 0.615. The monoisotopic (exact) mass is 458 g/mol. The second kappa shape index (κ2) is 12.5. The highest BCUT2D eigenvalue weighted by atomic mass is 16.5. The number of esters is 1. The van der Waals surface area contributed by atoms with Gasteiger partial charge >= 0.3 is 5.97 Å². The highest BCUT2D eigenvalue weighted by Crippen LogP contribution is 2.22. The number of hydrogen-bond acceptors (Lipinski definition) is 5. The van der Waals surface area contributed by atoms with Gasteiger partial charge in [-0.25, -0.2) is 4.79 Å². The van der Waals surface area contributed by atoms with Crippen molar-refractivity contribution in [1.29, 1.82) is 0 Å². The van der Waals surface area contributed by atoms with Gasteiger partial charge in [0.2, 0.25) is 11.8 Å². The Hall–Kier alpha value is -2.70. The first kappa shape index (κ1) is 26.6. The van der Waals surface area contributed by atoms with Crippen molar-refractivity contribution in [2.24, 2.45) is 17.8 Å². The molecule has 33 heavy (non-hydrogen) atoms. The minimum absolute atomic E-state index is 0.137. The molecule has 7 nitrogen and oxygen atoms in total. The zero-order valence-corrected chi connectivity index (χ0v) is 20.5. The maximum absolute atomic E-state index is 13.4. The van der Waals surface area contributed by atoms with Gasteiger partial charge in [0.05, 0.1) is 5.92 Å². The van der Waals surface area contributed by atoms with E-state index >= 15 is 0 Å². The number of Topliss-reactive ketones (excluding diaryl/α,β-unsaturated/α-hetero) is 1. The zero-order valence-electron chi connectivity index (χ0n) is 20.5. The first-order valence-corrected chi connectivity index (χ1v) is 11.9. The normalized spacial score (nSPS) is 17.7. The third kappa shape index (κ3) is 7.98. The van der Waals surface area contributed by atoms with Crippen LogP contribution in [0.25, 0.3) is 0 Å². The van der Waals surface area contributed by atoms with Crippen LogP contribution in [0.2, 0.25) is 0 Å². The second-order valence-corrected chi connectivity index (χ2v) is 9.76. The highest BCUT2D eigenvalue weighted by Gasteiger charge is 2.39. The van der Waals surface area contributed by atoms with Gasteiger partial charge in [-0.05, 0) is 43.6 Å². The Labute approximate surface area is 197 Å². The molecule has 1 aromatic carbocycles. The first-order chi connectivity index (χ1) is 15.6. The number of amides is 2. The number of rotatable bonds is 11. The van der Waals surface area contributed by atoms with E-state index in [1.165, 1.54) is 4.90 Å². The Balaban J connectivity index is 2.05. The number of nitrogens with zero attached hydrogens (tertiary/aromatic N) is 1. The van der Waals surface area contributed by atoms with Gasteiger partial charge in [0, 0.05) is 13.0 Å². The lowest BCUT2D eigenvalue weighted by atomic mass is 9.96. The fourth-order valence-electron chi connectivity index (χ4n) is 4.02. The summed E-state index contributed by atoms with van der Waals surface area (Å²) in [6.07, 6.45) is 1.98. The van der Waals surface area contributed by atoms with Gasteiger partial charge in [-0.15, -0.1) is 0 Å². The average Bonchev–Trinajstić information content (AvgIpc) is 3.25. The van der Waals surface area contributed by atoms with Crippen LogP contribution in [0.1, 0.15) is 65.9 Å². The van der Waals surface area contributed by atoms with Gasteiger partial charge in [0.15, 0.2) is 0 Å². The molecule has 0 radical (unpaired) electrons. The molecule has 1 unspecified atom stereocenters. The van der Waals surface area contributed by atoms with Gasteiger partial charge in [0.25, 0.3) is 0 Å². The van der Waals surface area contributed by atoms with Gasteiger partial charge in [-0.1, -0.05) is 58.0 Å². The molecule has 1 aromatic rings. The molecule has 3 atom stereocenters. The van der Waals surface area contributed by atoms with E-state index in [-0.39, 0.29) is 30.1 Å². The third-order valence-electron chi connectivity index (χ3n) is 5.84. The van der Waals surface area contributed by atoms with E-state index in [2.05, 4.69) is 5.32 Å². The first-order valence-electron chi connectivity index (χ1n) is 11.9. The number of ketones is 1. The molecular weight excluding hydrogens is 420 g/mol. The van der Waals surface area contributed by atoms with Crippen molar-refractivity contribution in [3.8, 4) is 0 Å². The summed E-state index contributed by atoms with van der Waals surface area (Å²) in [5.74, 6) is -1.82. The van der Waals surface area contributed by atoms with Crippen LogP contribution in [-0.4, -0.2) is 47.1 Å². The van der Waals surface area contributed by atoms with E-state index in [9.17, 15) is 19.2 Å². The van der Waals surface area contributed by atoms with Crippen LogP contribution in [0.4, 0.5) is 0 Å². The zero-order chi connectivity index (χ0) is 24.5. The van der Waals surface area contributed by atoms with Crippen molar-refractivity contribution in [2.45, 2.75) is 79.0 Å². The summed E-state index contributed by atoms with van der Waals surface area (Å²) >= 11 is 0. The van der Waals surface area contributed by atoms with Crippen molar-refractivity contribution >= 4 is 23.6 Å². The van der Waals surface area contributed by atoms with Gasteiger partial charge in [-0.3, -0.25) is 14.4 Å². The Morgan fingerprint density at radius 1 is 1.03 bits per heavy atom. The summed E-state index contributed by atoms with van der Waals surface area (Å²) in [4.78, 5) is 52.8. The standard InChI is InChI=1S/C26H38N2O5/c1-17(2)14-21(27-24(30)19(5)23(29)15-18(3)4)25(31)28-13-9-12-22(28)26(32)33-16-20-10-7-6-8-11-20/h6-8,10-11,17-19,21-22H,9,12-16H2,1-5H3,(H,27,30)/t19?,21-,22-/m0/s1. The molecule has 0 saturated carbocycles. The summed E-state index contributed by atoms with van der Waals surface area (Å²) in [5.41, 5.74) is 0.881. The van der Waals surface area contributed by atoms with E-state index < -0.39 is 29.9 Å². The molecule has 7 heteroatoms. The topological polar surface area (TPSA) is 92.8 Å². The molecule has 1 N–H and O–H groups in total. The molecule has 0 bridgehead atoms. The third-order valence-corrected chi connectivity index (χ3v) is 5.84. The van der Waals surface area contributed by atoms with Crippen LogP contribution in [0.15, 0.2) is 30.3 Å². The predicted octanol–water partition coefficient (Wildman–Crippen LogP) is 3.50. The molecule has 1 aliphatic rings. The molecule has 182 valence electrons. The molecule has 0 aromatic heterocycles. The van der Waals surface area contributed by atoms with Gasteiger partial charge < -0.3 is 15.0 Å². The molecule has 0 aliphatic carbocycles. The molecule has 1 heterocycles. The Morgan fingerprint density at radius 3 is 2.30 bits per heavy atom. The molecule has 0 spiro atoms. The number of benzene rings is 1. The maximum Gasteiger partial charge on any atom is 0.329 e. The molecule has 2 amide bonds. The number of nitrogens with one attached hydrogen (secondary N) is 1. The number of hydrogen-bond donors (Lipinski definition) is 1. The van der Waals surface area contributed by atoms with Crippen molar-refractivity contribution in [3.05, 3.63) is 35.9 Å². The number of ether oxygens (including phenoxy) is 1. The van der Waals surface area contributed by atoms with Crippen molar-refractivity contribution < 1.29 is 23.9 Å². The van der Waals surface area contributed by atoms with E-state index in [1.54, 1.807) is 6.92 Å². The van der Waals surface area contributed by atoms with Crippen molar-refractivity contribution in [3.63, 3.8) is 0 Å². The van der Waals surface area contributed by atoms with Crippen LogP contribution in [-0.2, 0) is 30.5 Å². The van der Waals surface area contributed by atoms with E-state index in [0.717, 1.165) is 5.56 Å². The van der Waals surface area contributed by atoms with Gasteiger partial charge in [-0.2, -0.15) is 0 Å². The van der Waals surface area contributed by atoms with Crippen LogP contribution < -0.4 is 5.32 Å². The Morgan fingerprint density at radius 2 is 1.70 bits per heavy atom. The summed E-state index contributed by atoms with van der Waals surface area (Å²) in [6, 6.07) is 7.95. The molecule has 1 saturated heterocycles. The molecule has 1 aliphatic heterocycles. The Bertz CT molecular complexity index is 821. The van der Waals surface area contributed by atoms with Crippen LogP contribution in [0.5, 0.6) is 0 Å². The average molecular weight is 459 g/mol. The predicted molar refractivity (Wildman–Crippen MR) is 126 cm³/mol. The van der Waals surface area contributed by atoms with E-state index in [1.807, 2.05) is 58.0 Å². The SMILES string of the molecule is CC(C)CC(=O)C(C)C(=O)N[C@@H](CC(C)C)C(=O)N1CCC[C@H]1C(=O)OCc1ccccc1. The van der Waals surface area contributed by atoms with E-state index in [0.29, 0.717) is 32.2 Å². The van der Waals surface area contributed by atoms with Crippen LogP contribution >= 0.6 is 0 Å². The summed E-state index contributed by atoms with van der Waals surface area (Å²) in [7, 11) is 0. The van der Waals surface area contributed by atoms with Crippen LogP contribution in [0.3, 0.4) is 0 Å². The summed E-state index contributed by atoms with van der Waals surface area (Å²) < 4.78 is 5.48. The second-order valence-electron chi connectivity index (χ2n) is 9.76. The molecular formula is C26H38N2O5. The maximum atomic E-state index is 13.4. The van der Waals surface area contributed by atoms with Crippen LogP contribution in [0, 0.1) is 17.8 Å². The lowest BCUT2D eigenvalue weighted by Gasteiger charge is -2.29.